The van der Waals surface area contributed by atoms with Gasteiger partial charge in [-0.2, -0.15) is 5.09 Å². The Bertz CT molecular complexity index is 801. The summed E-state index contributed by atoms with van der Waals surface area (Å²) in [6.07, 6.45) is -1.64. The normalized spacial score (nSPS) is 15.3. The summed E-state index contributed by atoms with van der Waals surface area (Å²) in [6.45, 7) is 3.80. The number of ether oxygens (including phenoxy) is 1. The Morgan fingerprint density at radius 2 is 1.81 bits per heavy atom. The minimum atomic E-state index is -4.19. The third kappa shape index (κ3) is 9.06. The first kappa shape index (κ1) is 26.6. The van der Waals surface area contributed by atoms with Gasteiger partial charge in [0.25, 0.3) is 0 Å². The second-order valence-corrected chi connectivity index (χ2v) is 9.07. The van der Waals surface area contributed by atoms with Gasteiger partial charge in [-0.3, -0.25) is 18.9 Å². The lowest BCUT2D eigenvalue weighted by atomic mass is 9.87. The first-order valence-electron chi connectivity index (χ1n) is 9.42. The van der Waals surface area contributed by atoms with E-state index in [-0.39, 0.29) is 18.7 Å². The van der Waals surface area contributed by atoms with Crippen molar-refractivity contribution >= 4 is 25.6 Å². The molecular weight excluding hydrogens is 431 g/mol. The number of aliphatic carboxylic acids is 1. The van der Waals surface area contributed by atoms with Crippen molar-refractivity contribution in [3.05, 3.63) is 30.3 Å². The van der Waals surface area contributed by atoms with Crippen LogP contribution in [0.1, 0.15) is 27.2 Å². The summed E-state index contributed by atoms with van der Waals surface area (Å²) in [5, 5.41) is 24.2. The number of nitrogens with one attached hydrogen (secondary N) is 2. The zero-order valence-corrected chi connectivity index (χ0v) is 18.8. The summed E-state index contributed by atoms with van der Waals surface area (Å²) < 4.78 is 28.4. The molecule has 0 aliphatic rings. The number of aliphatic hydroxyl groups excluding tert-OH is 1. The molecule has 0 saturated carbocycles. The van der Waals surface area contributed by atoms with E-state index in [1.807, 2.05) is 0 Å². The number of methoxy groups -OCH3 is 1. The molecule has 174 valence electrons. The Morgan fingerprint density at radius 1 is 1.19 bits per heavy atom. The maximum atomic E-state index is 13.2. The minimum Gasteiger partial charge on any atom is -0.480 e. The van der Waals surface area contributed by atoms with Crippen LogP contribution in [0.4, 0.5) is 0 Å². The highest BCUT2D eigenvalue weighted by atomic mass is 31.2. The number of hydrogen-bond donors (Lipinski definition) is 4. The van der Waals surface area contributed by atoms with E-state index >= 15 is 0 Å². The van der Waals surface area contributed by atoms with Gasteiger partial charge in [-0.1, -0.05) is 32.0 Å². The van der Waals surface area contributed by atoms with Crippen LogP contribution in [0.15, 0.2) is 30.3 Å². The Balaban J connectivity index is 2.83. The molecule has 1 aromatic carbocycles. The van der Waals surface area contributed by atoms with E-state index in [1.165, 1.54) is 40.0 Å². The lowest BCUT2D eigenvalue weighted by Gasteiger charge is -2.31. The molecule has 1 rings (SSSR count). The van der Waals surface area contributed by atoms with Crippen molar-refractivity contribution in [3.8, 4) is 5.75 Å². The number of hydrogen-bond acceptors (Lipinski definition) is 8. The summed E-state index contributed by atoms with van der Waals surface area (Å²) in [5.74, 6) is -2.38. The van der Waals surface area contributed by atoms with Crippen LogP contribution in [0, 0.1) is 5.41 Å². The average molecular weight is 460 g/mol. The van der Waals surface area contributed by atoms with Crippen LogP contribution < -0.4 is 14.9 Å². The standard InChI is InChI=1S/C19H29N2O9P/c1-13(18(25)26)21-31(27,30-14-8-6-5-7-9-14)29-12-19(2,3)16(23)17(24)20-11-10-15(22)28-4/h5-9,13,16,23H,10-12H2,1-4H3,(H,20,24)(H,21,27)(H,25,26)/t13-,16-,31?/m0/s1. The summed E-state index contributed by atoms with van der Waals surface area (Å²) in [6, 6.07) is 6.74. The van der Waals surface area contributed by atoms with Gasteiger partial charge in [0, 0.05) is 12.0 Å². The fraction of sp³-hybridized carbons (Fsp3) is 0.526. The topological polar surface area (TPSA) is 160 Å². The van der Waals surface area contributed by atoms with E-state index in [2.05, 4.69) is 15.1 Å². The Hall–Kier alpha value is -2.46. The lowest BCUT2D eigenvalue weighted by Crippen LogP contribution is -2.46. The molecule has 0 aromatic heterocycles. The summed E-state index contributed by atoms with van der Waals surface area (Å²) in [5.41, 5.74) is -1.24. The van der Waals surface area contributed by atoms with Crippen molar-refractivity contribution < 1.29 is 42.9 Å². The van der Waals surface area contributed by atoms with Crippen LogP contribution in [-0.2, 0) is 28.2 Å². The molecular formula is C19H29N2O9P. The number of para-hydroxylation sites is 1. The predicted octanol–water partition coefficient (Wildman–Crippen LogP) is 1.32. The molecule has 0 saturated heterocycles. The van der Waals surface area contributed by atoms with Crippen molar-refractivity contribution in [2.24, 2.45) is 5.41 Å². The van der Waals surface area contributed by atoms with Gasteiger partial charge in [-0.15, -0.1) is 0 Å². The van der Waals surface area contributed by atoms with Crippen LogP contribution in [0.25, 0.3) is 0 Å². The third-order valence-electron chi connectivity index (χ3n) is 4.14. The second-order valence-electron chi connectivity index (χ2n) is 7.37. The number of carbonyl (C=O) groups is 3. The smallest absolute Gasteiger partial charge is 0.459 e. The van der Waals surface area contributed by atoms with Crippen molar-refractivity contribution in [1.29, 1.82) is 0 Å². The number of aliphatic hydroxyl groups is 1. The van der Waals surface area contributed by atoms with Gasteiger partial charge < -0.3 is 24.8 Å². The van der Waals surface area contributed by atoms with Crippen LogP contribution >= 0.6 is 7.75 Å². The van der Waals surface area contributed by atoms with E-state index in [0.717, 1.165) is 0 Å². The van der Waals surface area contributed by atoms with Gasteiger partial charge in [-0.25, -0.2) is 4.57 Å². The van der Waals surface area contributed by atoms with Crippen LogP contribution in [0.2, 0.25) is 0 Å². The molecule has 1 aromatic rings. The first-order chi connectivity index (χ1) is 14.4. The summed E-state index contributed by atoms with van der Waals surface area (Å²) >= 11 is 0. The fourth-order valence-electron chi connectivity index (χ4n) is 2.17. The van der Waals surface area contributed by atoms with Crippen LogP contribution in [0.3, 0.4) is 0 Å². The number of rotatable bonds is 13. The highest BCUT2D eigenvalue weighted by molar-refractivity contribution is 7.52. The number of carbonyl (C=O) groups excluding carboxylic acids is 2. The van der Waals surface area contributed by atoms with Gasteiger partial charge in [0.1, 0.15) is 17.9 Å². The predicted molar refractivity (Wildman–Crippen MR) is 110 cm³/mol. The molecule has 31 heavy (non-hydrogen) atoms. The monoisotopic (exact) mass is 460 g/mol. The number of carboxylic acids is 1. The van der Waals surface area contributed by atoms with Crippen molar-refractivity contribution in [1.82, 2.24) is 10.4 Å². The van der Waals surface area contributed by atoms with E-state index in [4.69, 9.17) is 14.2 Å². The second kappa shape index (κ2) is 11.8. The molecule has 4 N–H and O–H groups in total. The van der Waals surface area contributed by atoms with Gasteiger partial charge in [0.05, 0.1) is 20.1 Å². The molecule has 0 spiro atoms. The van der Waals surface area contributed by atoms with E-state index < -0.39 is 49.8 Å². The highest BCUT2D eigenvalue weighted by Gasteiger charge is 2.39. The lowest BCUT2D eigenvalue weighted by molar-refractivity contribution is -0.141. The minimum absolute atomic E-state index is 0.0349. The van der Waals surface area contributed by atoms with Gasteiger partial charge in [0.2, 0.25) is 5.91 Å². The molecule has 0 fully saturated rings. The van der Waals surface area contributed by atoms with Crippen LogP contribution in [-0.4, -0.2) is 60.5 Å². The molecule has 1 unspecified atom stereocenters. The number of amides is 1. The van der Waals surface area contributed by atoms with Gasteiger partial charge in [-0.05, 0) is 19.1 Å². The van der Waals surface area contributed by atoms with Crippen molar-refractivity contribution in [2.75, 3.05) is 20.3 Å². The van der Waals surface area contributed by atoms with Gasteiger partial charge in [0.15, 0.2) is 0 Å². The molecule has 1 amide bonds. The van der Waals surface area contributed by atoms with Crippen LogP contribution in [0.5, 0.6) is 5.75 Å². The molecule has 0 bridgehead atoms. The molecule has 3 atom stereocenters. The number of carboxylic acid groups (broad SMARTS) is 1. The zero-order chi connectivity index (χ0) is 23.7. The highest BCUT2D eigenvalue weighted by Crippen LogP contribution is 2.46. The average Bonchev–Trinajstić information content (AvgIpc) is 2.72. The van der Waals surface area contributed by atoms with Crippen molar-refractivity contribution in [3.63, 3.8) is 0 Å². The molecule has 0 heterocycles. The maximum absolute atomic E-state index is 13.2. The van der Waals surface area contributed by atoms with E-state index in [9.17, 15) is 24.1 Å². The Morgan fingerprint density at radius 3 is 2.35 bits per heavy atom. The SMILES string of the molecule is COC(=O)CCNC(=O)[C@H](O)C(C)(C)COP(=O)(N[C@@H](C)C(=O)O)Oc1ccccc1. The quantitative estimate of drug-likeness (QED) is 0.250. The molecule has 0 aliphatic carbocycles. The molecule has 0 radical (unpaired) electrons. The Labute approximate surface area is 180 Å². The zero-order valence-electron chi connectivity index (χ0n) is 17.9. The molecule has 0 aliphatic heterocycles. The number of esters is 1. The molecule has 11 nitrogen and oxygen atoms in total. The third-order valence-corrected chi connectivity index (χ3v) is 5.77. The molecule has 12 heteroatoms. The maximum Gasteiger partial charge on any atom is 0.459 e. The van der Waals surface area contributed by atoms with Crippen molar-refractivity contribution in [2.45, 2.75) is 39.3 Å². The first-order valence-corrected chi connectivity index (χ1v) is 11.0. The van der Waals surface area contributed by atoms with Gasteiger partial charge >= 0.3 is 19.7 Å². The largest absolute Gasteiger partial charge is 0.480 e. The van der Waals surface area contributed by atoms with E-state index in [0.29, 0.717) is 0 Å². The Kier molecular flexibility index (Phi) is 10.1. The summed E-state index contributed by atoms with van der Waals surface area (Å²) in [4.78, 5) is 34.5. The number of benzene rings is 1. The van der Waals surface area contributed by atoms with E-state index in [1.54, 1.807) is 18.2 Å². The fourth-order valence-corrected chi connectivity index (χ4v) is 3.84. The summed E-state index contributed by atoms with van der Waals surface area (Å²) in [7, 11) is -2.97.